The van der Waals surface area contributed by atoms with Gasteiger partial charge in [-0.1, -0.05) is 6.92 Å². The molecule has 0 radical (unpaired) electrons. The van der Waals surface area contributed by atoms with Crippen molar-refractivity contribution in [2.75, 3.05) is 26.8 Å². The number of nitrogens with zero attached hydrogens (tertiary/aromatic N) is 1. The summed E-state index contributed by atoms with van der Waals surface area (Å²) in [5, 5.41) is 6.76. The van der Waals surface area contributed by atoms with Gasteiger partial charge in [-0.05, 0) is 24.5 Å². The molecule has 0 bridgehead atoms. The van der Waals surface area contributed by atoms with Gasteiger partial charge in [-0.25, -0.2) is 0 Å². The van der Waals surface area contributed by atoms with Crippen molar-refractivity contribution < 1.29 is 9.15 Å². The Morgan fingerprint density at radius 2 is 2.42 bits per heavy atom. The third-order valence-corrected chi connectivity index (χ3v) is 3.24. The molecule has 0 saturated heterocycles. The highest BCUT2D eigenvalue weighted by Gasteiger charge is 2.33. The lowest BCUT2D eigenvalue weighted by Crippen LogP contribution is -2.40. The van der Waals surface area contributed by atoms with Crippen LogP contribution >= 0.6 is 0 Å². The van der Waals surface area contributed by atoms with Crippen LogP contribution in [-0.2, 0) is 11.2 Å². The Kier molecular flexibility index (Phi) is 5.27. The van der Waals surface area contributed by atoms with E-state index in [0.717, 1.165) is 30.6 Å². The van der Waals surface area contributed by atoms with Gasteiger partial charge in [-0.2, -0.15) is 0 Å². The lowest BCUT2D eigenvalue weighted by Gasteiger charge is -2.11. The first-order chi connectivity index (χ1) is 9.29. The first-order valence-corrected chi connectivity index (χ1v) is 6.85. The predicted molar refractivity (Wildman–Crippen MR) is 75.3 cm³/mol. The van der Waals surface area contributed by atoms with Crippen molar-refractivity contribution in [1.82, 2.24) is 10.6 Å². The van der Waals surface area contributed by atoms with Crippen LogP contribution in [-0.4, -0.2) is 38.8 Å². The fourth-order valence-electron chi connectivity index (χ4n) is 1.86. The van der Waals surface area contributed by atoms with Crippen molar-refractivity contribution in [2.24, 2.45) is 10.9 Å². The van der Waals surface area contributed by atoms with Gasteiger partial charge in [0, 0.05) is 26.1 Å². The van der Waals surface area contributed by atoms with Gasteiger partial charge in [0.1, 0.15) is 5.76 Å². The second-order valence-electron chi connectivity index (χ2n) is 4.94. The van der Waals surface area contributed by atoms with Gasteiger partial charge >= 0.3 is 0 Å². The Morgan fingerprint density at radius 1 is 1.58 bits per heavy atom. The molecule has 5 heteroatoms. The zero-order valence-electron chi connectivity index (χ0n) is 11.7. The molecule has 2 rings (SSSR count). The van der Waals surface area contributed by atoms with E-state index in [4.69, 9.17) is 9.15 Å². The minimum atomic E-state index is 0.567. The molecule has 1 aromatic rings. The Balaban J connectivity index is 1.73. The number of guanidine groups is 1. The fraction of sp³-hybridized carbons (Fsp3) is 0.643. The maximum atomic E-state index is 5.30. The average Bonchev–Trinajstić information content (AvgIpc) is 2.90. The van der Waals surface area contributed by atoms with E-state index < -0.39 is 0 Å². The summed E-state index contributed by atoms with van der Waals surface area (Å²) in [6.07, 6.45) is 3.79. The zero-order chi connectivity index (χ0) is 13.5. The van der Waals surface area contributed by atoms with Crippen LogP contribution in [0.4, 0.5) is 0 Å². The number of hydrogen-bond acceptors (Lipinski definition) is 3. The SMILES string of the molecule is COCCN=C(NCCc1ccco1)NC1CC1C. The lowest BCUT2D eigenvalue weighted by molar-refractivity contribution is 0.208. The highest BCUT2D eigenvalue weighted by Crippen LogP contribution is 2.28. The van der Waals surface area contributed by atoms with Crippen LogP contribution in [0.1, 0.15) is 19.1 Å². The summed E-state index contributed by atoms with van der Waals surface area (Å²) in [4.78, 5) is 4.49. The van der Waals surface area contributed by atoms with Crippen molar-refractivity contribution >= 4 is 5.96 Å². The molecule has 106 valence electrons. The minimum Gasteiger partial charge on any atom is -0.469 e. The van der Waals surface area contributed by atoms with Crippen molar-refractivity contribution in [1.29, 1.82) is 0 Å². The maximum absolute atomic E-state index is 5.30. The fourth-order valence-corrected chi connectivity index (χ4v) is 1.86. The summed E-state index contributed by atoms with van der Waals surface area (Å²) in [5.74, 6) is 2.61. The van der Waals surface area contributed by atoms with E-state index in [0.29, 0.717) is 19.2 Å². The molecular formula is C14H23N3O2. The van der Waals surface area contributed by atoms with E-state index in [1.54, 1.807) is 13.4 Å². The summed E-state index contributed by atoms with van der Waals surface area (Å²) < 4.78 is 10.3. The molecule has 1 aliphatic rings. The molecule has 1 aromatic heterocycles. The summed E-state index contributed by atoms with van der Waals surface area (Å²) in [6, 6.07) is 4.46. The number of ether oxygens (including phenoxy) is 1. The molecule has 1 heterocycles. The predicted octanol–water partition coefficient (Wildman–Crippen LogP) is 1.41. The molecule has 19 heavy (non-hydrogen) atoms. The largest absolute Gasteiger partial charge is 0.469 e. The molecule has 0 amide bonds. The van der Waals surface area contributed by atoms with Crippen LogP contribution in [0.15, 0.2) is 27.8 Å². The Labute approximate surface area is 114 Å². The van der Waals surface area contributed by atoms with E-state index in [-0.39, 0.29) is 0 Å². The van der Waals surface area contributed by atoms with Gasteiger partial charge in [0.2, 0.25) is 0 Å². The van der Waals surface area contributed by atoms with Crippen molar-refractivity contribution in [3.63, 3.8) is 0 Å². The molecule has 5 nitrogen and oxygen atoms in total. The summed E-state index contributed by atoms with van der Waals surface area (Å²) in [5.41, 5.74) is 0. The molecule has 1 aliphatic carbocycles. The topological polar surface area (TPSA) is 58.8 Å². The molecule has 2 N–H and O–H groups in total. The molecule has 2 atom stereocenters. The van der Waals surface area contributed by atoms with Crippen LogP contribution in [0.2, 0.25) is 0 Å². The molecule has 0 aromatic carbocycles. The van der Waals surface area contributed by atoms with E-state index in [1.165, 1.54) is 6.42 Å². The second kappa shape index (κ2) is 7.19. The Bertz CT molecular complexity index is 389. The minimum absolute atomic E-state index is 0.567. The quantitative estimate of drug-likeness (QED) is 0.444. The maximum Gasteiger partial charge on any atom is 0.191 e. The van der Waals surface area contributed by atoms with Gasteiger partial charge in [0.25, 0.3) is 0 Å². The zero-order valence-corrected chi connectivity index (χ0v) is 11.7. The first kappa shape index (κ1) is 13.9. The van der Waals surface area contributed by atoms with Gasteiger partial charge in [-0.15, -0.1) is 0 Å². The van der Waals surface area contributed by atoms with E-state index in [1.807, 2.05) is 12.1 Å². The Morgan fingerprint density at radius 3 is 3.05 bits per heavy atom. The van der Waals surface area contributed by atoms with Gasteiger partial charge < -0.3 is 19.8 Å². The highest BCUT2D eigenvalue weighted by molar-refractivity contribution is 5.80. The summed E-state index contributed by atoms with van der Waals surface area (Å²) in [7, 11) is 1.69. The third kappa shape index (κ3) is 4.95. The number of aliphatic imine (C=N–C) groups is 1. The summed E-state index contributed by atoms with van der Waals surface area (Å²) in [6.45, 7) is 4.37. The molecule has 1 fully saturated rings. The second-order valence-corrected chi connectivity index (χ2v) is 4.94. The van der Waals surface area contributed by atoms with Crippen molar-refractivity contribution in [3.05, 3.63) is 24.2 Å². The molecule has 2 unspecified atom stereocenters. The number of furan rings is 1. The molecule has 0 aliphatic heterocycles. The van der Waals surface area contributed by atoms with Crippen LogP contribution in [0.3, 0.4) is 0 Å². The van der Waals surface area contributed by atoms with Gasteiger partial charge in [0.05, 0.1) is 19.4 Å². The monoisotopic (exact) mass is 265 g/mol. The van der Waals surface area contributed by atoms with E-state index >= 15 is 0 Å². The smallest absolute Gasteiger partial charge is 0.191 e. The van der Waals surface area contributed by atoms with E-state index in [2.05, 4.69) is 22.5 Å². The molecule has 1 saturated carbocycles. The highest BCUT2D eigenvalue weighted by atomic mass is 16.5. The van der Waals surface area contributed by atoms with Gasteiger partial charge in [0.15, 0.2) is 5.96 Å². The van der Waals surface area contributed by atoms with E-state index in [9.17, 15) is 0 Å². The number of rotatable bonds is 7. The Hall–Kier alpha value is -1.49. The standard InChI is InChI=1S/C14H23N3O2/c1-11-10-13(11)17-14(16-7-9-18-2)15-6-5-12-4-3-8-19-12/h3-4,8,11,13H,5-7,9-10H2,1-2H3,(H2,15,16,17). The van der Waals surface area contributed by atoms with Crippen LogP contribution in [0, 0.1) is 5.92 Å². The summed E-state index contributed by atoms with van der Waals surface area (Å²) >= 11 is 0. The first-order valence-electron chi connectivity index (χ1n) is 6.85. The molecular weight excluding hydrogens is 242 g/mol. The molecule has 0 spiro atoms. The number of methoxy groups -OCH3 is 1. The average molecular weight is 265 g/mol. The van der Waals surface area contributed by atoms with Crippen LogP contribution in [0.25, 0.3) is 0 Å². The van der Waals surface area contributed by atoms with Gasteiger partial charge in [-0.3, -0.25) is 4.99 Å². The third-order valence-electron chi connectivity index (χ3n) is 3.24. The number of hydrogen-bond donors (Lipinski definition) is 2. The van der Waals surface area contributed by atoms with Crippen LogP contribution in [0.5, 0.6) is 0 Å². The lowest BCUT2D eigenvalue weighted by atomic mass is 10.3. The van der Waals surface area contributed by atoms with Crippen molar-refractivity contribution in [2.45, 2.75) is 25.8 Å². The van der Waals surface area contributed by atoms with Crippen LogP contribution < -0.4 is 10.6 Å². The number of nitrogens with one attached hydrogen (secondary N) is 2. The van der Waals surface area contributed by atoms with Crippen molar-refractivity contribution in [3.8, 4) is 0 Å². The normalized spacial score (nSPS) is 22.3.